The number of nitrogens with one attached hydrogen (secondary N) is 1. The molecule has 0 radical (unpaired) electrons. The highest BCUT2D eigenvalue weighted by Crippen LogP contribution is 2.29. The lowest BCUT2D eigenvalue weighted by atomic mass is 9.96. The Balaban J connectivity index is 1.10. The van der Waals surface area contributed by atoms with Crippen LogP contribution in [0.2, 0.25) is 10.0 Å². The van der Waals surface area contributed by atoms with E-state index in [1.807, 2.05) is 29.2 Å². The molecule has 1 aromatic heterocycles. The highest BCUT2D eigenvalue weighted by molar-refractivity contribution is 6.36. The molecule has 2 aromatic carbocycles. The number of nitrogens with zero attached hydrogens (tertiary/aromatic N) is 4. The summed E-state index contributed by atoms with van der Waals surface area (Å²) in [6.45, 7) is 3.27. The molecule has 0 aliphatic carbocycles. The maximum Gasteiger partial charge on any atom is 0.241 e. The molecule has 0 unspecified atom stereocenters. The molecule has 3 heterocycles. The number of likely N-dealkylation sites (tertiary alicyclic amines) is 1. The van der Waals surface area contributed by atoms with Gasteiger partial charge in [0, 0.05) is 41.7 Å². The van der Waals surface area contributed by atoms with Gasteiger partial charge in [-0.15, -0.1) is 0 Å². The predicted octanol–water partition coefficient (Wildman–Crippen LogP) is 4.70. The molecule has 8 nitrogen and oxygen atoms in total. The van der Waals surface area contributed by atoms with E-state index in [4.69, 9.17) is 27.7 Å². The molecule has 36 heavy (non-hydrogen) atoms. The van der Waals surface area contributed by atoms with Gasteiger partial charge in [0.1, 0.15) is 0 Å². The van der Waals surface area contributed by atoms with Crippen molar-refractivity contribution in [2.75, 3.05) is 24.5 Å². The standard InChI is InChI=1S/C26H27Cl2N5O3/c27-19-6-7-21(22(28)14-19)25-30-23(36-31-25)16-32-11-8-18(9-12-32)26(35)29-15-17-3-1-4-20(13-17)33-10-2-5-24(33)34/h1,3-4,6-7,13-14,18H,2,5,8-12,15-16H2,(H,29,35). The molecular weight excluding hydrogens is 501 g/mol. The molecule has 10 heteroatoms. The Morgan fingerprint density at radius 3 is 2.69 bits per heavy atom. The number of hydrogen-bond donors (Lipinski definition) is 1. The van der Waals surface area contributed by atoms with Crippen molar-refractivity contribution >= 4 is 40.7 Å². The van der Waals surface area contributed by atoms with Crippen LogP contribution in [0.15, 0.2) is 47.0 Å². The number of carbonyl (C=O) groups excluding carboxylic acids is 2. The molecule has 0 saturated carbocycles. The van der Waals surface area contributed by atoms with Gasteiger partial charge in [0.05, 0.1) is 11.6 Å². The van der Waals surface area contributed by atoms with Gasteiger partial charge in [0.15, 0.2) is 0 Å². The van der Waals surface area contributed by atoms with Crippen molar-refractivity contribution in [3.63, 3.8) is 0 Å². The summed E-state index contributed by atoms with van der Waals surface area (Å²) in [5.74, 6) is 1.13. The van der Waals surface area contributed by atoms with E-state index in [0.717, 1.165) is 50.1 Å². The summed E-state index contributed by atoms with van der Waals surface area (Å²) in [5.41, 5.74) is 2.56. The quantitative estimate of drug-likeness (QED) is 0.478. The lowest BCUT2D eigenvalue weighted by Crippen LogP contribution is -2.40. The van der Waals surface area contributed by atoms with E-state index < -0.39 is 0 Å². The van der Waals surface area contributed by atoms with Crippen molar-refractivity contribution in [3.05, 3.63) is 64.0 Å². The number of amides is 2. The molecule has 2 aliphatic heterocycles. The van der Waals surface area contributed by atoms with Crippen molar-refractivity contribution in [3.8, 4) is 11.4 Å². The van der Waals surface area contributed by atoms with Crippen LogP contribution in [0.25, 0.3) is 11.4 Å². The van der Waals surface area contributed by atoms with E-state index in [-0.39, 0.29) is 17.7 Å². The van der Waals surface area contributed by atoms with Gasteiger partial charge in [-0.05, 0) is 68.2 Å². The fourth-order valence-electron chi connectivity index (χ4n) is 4.73. The Morgan fingerprint density at radius 1 is 1.11 bits per heavy atom. The second kappa shape index (κ2) is 11.0. The van der Waals surface area contributed by atoms with Crippen LogP contribution in [-0.2, 0) is 22.7 Å². The zero-order valence-corrected chi connectivity index (χ0v) is 21.3. The van der Waals surface area contributed by atoms with Gasteiger partial charge in [-0.3, -0.25) is 14.5 Å². The second-order valence-electron chi connectivity index (χ2n) is 9.22. The third-order valence-electron chi connectivity index (χ3n) is 6.72. The summed E-state index contributed by atoms with van der Waals surface area (Å²) in [4.78, 5) is 33.3. The van der Waals surface area contributed by atoms with Gasteiger partial charge in [0.2, 0.25) is 23.5 Å². The molecular formula is C26H27Cl2N5O3. The van der Waals surface area contributed by atoms with Crippen molar-refractivity contribution in [2.24, 2.45) is 5.92 Å². The summed E-state index contributed by atoms with van der Waals surface area (Å²) in [6, 6.07) is 13.0. The number of aromatic nitrogens is 2. The zero-order chi connectivity index (χ0) is 25.1. The number of anilines is 1. The molecule has 2 amide bonds. The van der Waals surface area contributed by atoms with E-state index in [0.29, 0.717) is 46.8 Å². The van der Waals surface area contributed by atoms with Crippen LogP contribution in [0.1, 0.15) is 37.1 Å². The number of halogens is 2. The SMILES string of the molecule is O=C(NCc1cccc(N2CCCC2=O)c1)C1CCN(Cc2nc(-c3ccc(Cl)cc3Cl)no2)CC1. The molecule has 3 aromatic rings. The van der Waals surface area contributed by atoms with Crippen LogP contribution in [0.3, 0.4) is 0 Å². The van der Waals surface area contributed by atoms with Gasteiger partial charge in [0.25, 0.3) is 0 Å². The molecule has 1 N–H and O–H groups in total. The highest BCUT2D eigenvalue weighted by Gasteiger charge is 2.26. The topological polar surface area (TPSA) is 91.6 Å². The Labute approximate surface area is 219 Å². The monoisotopic (exact) mass is 527 g/mol. The first-order valence-corrected chi connectivity index (χ1v) is 12.9. The molecule has 188 valence electrons. The van der Waals surface area contributed by atoms with Gasteiger partial charge >= 0.3 is 0 Å². The minimum atomic E-state index is -0.0317. The first-order valence-electron chi connectivity index (χ1n) is 12.1. The minimum Gasteiger partial charge on any atom is -0.352 e. The van der Waals surface area contributed by atoms with Crippen LogP contribution < -0.4 is 10.2 Å². The van der Waals surface area contributed by atoms with Crippen LogP contribution in [0, 0.1) is 5.92 Å². The van der Waals surface area contributed by atoms with Gasteiger partial charge in [-0.25, -0.2) is 0 Å². The average Bonchev–Trinajstić information content (AvgIpc) is 3.52. The maximum atomic E-state index is 12.8. The average molecular weight is 528 g/mol. The van der Waals surface area contributed by atoms with Gasteiger partial charge in [-0.1, -0.05) is 40.5 Å². The molecule has 0 atom stereocenters. The summed E-state index contributed by atoms with van der Waals surface area (Å²) in [7, 11) is 0. The molecule has 2 fully saturated rings. The lowest BCUT2D eigenvalue weighted by molar-refractivity contribution is -0.126. The number of rotatable bonds is 7. The molecule has 5 rings (SSSR count). The first-order chi connectivity index (χ1) is 17.5. The number of benzene rings is 2. The summed E-state index contributed by atoms with van der Waals surface area (Å²) < 4.78 is 5.42. The van der Waals surface area contributed by atoms with E-state index in [2.05, 4.69) is 20.4 Å². The van der Waals surface area contributed by atoms with Gasteiger partial charge in [-0.2, -0.15) is 4.98 Å². The van der Waals surface area contributed by atoms with Crippen LogP contribution in [-0.4, -0.2) is 46.5 Å². The minimum absolute atomic E-state index is 0.0317. The third-order valence-corrected chi connectivity index (χ3v) is 7.27. The second-order valence-corrected chi connectivity index (χ2v) is 10.1. The van der Waals surface area contributed by atoms with Crippen molar-refractivity contribution < 1.29 is 14.1 Å². The van der Waals surface area contributed by atoms with Crippen LogP contribution >= 0.6 is 23.2 Å². The van der Waals surface area contributed by atoms with E-state index in [1.54, 1.807) is 18.2 Å². The van der Waals surface area contributed by atoms with Gasteiger partial charge < -0.3 is 14.7 Å². The number of hydrogen-bond acceptors (Lipinski definition) is 6. The van der Waals surface area contributed by atoms with Crippen molar-refractivity contribution in [1.29, 1.82) is 0 Å². The van der Waals surface area contributed by atoms with E-state index >= 15 is 0 Å². The smallest absolute Gasteiger partial charge is 0.241 e. The predicted molar refractivity (Wildman–Crippen MR) is 138 cm³/mol. The fraction of sp³-hybridized carbons (Fsp3) is 0.385. The third kappa shape index (κ3) is 5.72. The largest absolute Gasteiger partial charge is 0.352 e. The van der Waals surface area contributed by atoms with Crippen LogP contribution in [0.4, 0.5) is 5.69 Å². The maximum absolute atomic E-state index is 12.8. The van der Waals surface area contributed by atoms with Crippen molar-refractivity contribution in [2.45, 2.75) is 38.8 Å². The zero-order valence-electron chi connectivity index (χ0n) is 19.8. The van der Waals surface area contributed by atoms with E-state index in [9.17, 15) is 9.59 Å². The van der Waals surface area contributed by atoms with E-state index in [1.165, 1.54) is 0 Å². The Morgan fingerprint density at radius 2 is 1.94 bits per heavy atom. The number of piperidine rings is 1. The normalized spacial score (nSPS) is 17.1. The molecule has 2 aliphatic rings. The lowest BCUT2D eigenvalue weighted by Gasteiger charge is -2.30. The Bertz CT molecular complexity index is 1260. The first kappa shape index (κ1) is 24.7. The summed E-state index contributed by atoms with van der Waals surface area (Å²) in [5, 5.41) is 8.14. The van der Waals surface area contributed by atoms with Crippen LogP contribution in [0.5, 0.6) is 0 Å². The summed E-state index contributed by atoms with van der Waals surface area (Å²) in [6.07, 6.45) is 3.02. The number of carbonyl (C=O) groups is 2. The molecule has 0 bridgehead atoms. The Kier molecular flexibility index (Phi) is 7.55. The highest BCUT2D eigenvalue weighted by atomic mass is 35.5. The summed E-state index contributed by atoms with van der Waals surface area (Å²) >= 11 is 12.2. The molecule has 0 spiro atoms. The van der Waals surface area contributed by atoms with Crippen molar-refractivity contribution in [1.82, 2.24) is 20.4 Å². The molecule has 2 saturated heterocycles. The Hall–Kier alpha value is -2.94. The fourth-order valence-corrected chi connectivity index (χ4v) is 5.23.